The van der Waals surface area contributed by atoms with Gasteiger partial charge in [-0.1, -0.05) is 62.2 Å². The summed E-state index contributed by atoms with van der Waals surface area (Å²) in [7, 11) is 0. The zero-order valence-corrected chi connectivity index (χ0v) is 12.4. The summed E-state index contributed by atoms with van der Waals surface area (Å²) in [6.45, 7) is 2.09. The van der Waals surface area contributed by atoms with Crippen LogP contribution in [0.5, 0.6) is 0 Å². The number of carbonyl (C=O) groups is 1. The van der Waals surface area contributed by atoms with Gasteiger partial charge in [0.2, 0.25) is 5.91 Å². The van der Waals surface area contributed by atoms with E-state index >= 15 is 0 Å². The van der Waals surface area contributed by atoms with Crippen LogP contribution >= 0.6 is 0 Å². The van der Waals surface area contributed by atoms with Crippen molar-refractivity contribution in [2.24, 2.45) is 5.73 Å². The van der Waals surface area contributed by atoms with Crippen molar-refractivity contribution >= 4 is 11.6 Å². The summed E-state index contributed by atoms with van der Waals surface area (Å²) in [6, 6.07) is 17.5. The van der Waals surface area contributed by atoms with E-state index in [9.17, 15) is 4.79 Å². The first-order valence-corrected chi connectivity index (χ1v) is 7.42. The molecular formula is C18H22N2O. The Kier molecular flexibility index (Phi) is 5.52. The summed E-state index contributed by atoms with van der Waals surface area (Å²) < 4.78 is 0. The van der Waals surface area contributed by atoms with Crippen LogP contribution in [0.1, 0.15) is 26.2 Å². The highest BCUT2D eigenvalue weighted by atomic mass is 16.2. The fraction of sp³-hybridized carbons (Fsp3) is 0.278. The number of amides is 1. The zero-order valence-electron chi connectivity index (χ0n) is 12.4. The molecule has 3 heteroatoms. The summed E-state index contributed by atoms with van der Waals surface area (Å²) >= 11 is 0. The molecule has 0 bridgehead atoms. The quantitative estimate of drug-likeness (QED) is 0.846. The Hall–Kier alpha value is -2.13. The molecule has 2 aromatic rings. The van der Waals surface area contributed by atoms with E-state index in [1.165, 1.54) is 0 Å². The van der Waals surface area contributed by atoms with Crippen molar-refractivity contribution in [2.45, 2.75) is 32.2 Å². The normalized spacial score (nSPS) is 11.9. The predicted octanol–water partition coefficient (Wildman–Crippen LogP) is 3.81. The van der Waals surface area contributed by atoms with Gasteiger partial charge in [0, 0.05) is 5.69 Å². The van der Waals surface area contributed by atoms with Crippen molar-refractivity contribution in [1.29, 1.82) is 0 Å². The lowest BCUT2D eigenvalue weighted by molar-refractivity contribution is -0.117. The van der Waals surface area contributed by atoms with Gasteiger partial charge >= 0.3 is 0 Å². The second-order valence-electron chi connectivity index (χ2n) is 5.18. The van der Waals surface area contributed by atoms with Gasteiger partial charge < -0.3 is 11.1 Å². The maximum Gasteiger partial charge on any atom is 0.241 e. The second kappa shape index (κ2) is 7.60. The maximum absolute atomic E-state index is 11.9. The van der Waals surface area contributed by atoms with Gasteiger partial charge in [-0.25, -0.2) is 0 Å². The second-order valence-corrected chi connectivity index (χ2v) is 5.18. The fourth-order valence-electron chi connectivity index (χ4n) is 2.17. The molecule has 3 nitrogen and oxygen atoms in total. The minimum absolute atomic E-state index is 0.115. The Morgan fingerprint density at radius 2 is 1.67 bits per heavy atom. The molecule has 0 aliphatic heterocycles. The summed E-state index contributed by atoms with van der Waals surface area (Å²) in [5.74, 6) is -0.115. The number of hydrogen-bond donors (Lipinski definition) is 2. The molecule has 0 fully saturated rings. The van der Waals surface area contributed by atoms with Gasteiger partial charge in [0.15, 0.2) is 0 Å². The van der Waals surface area contributed by atoms with Crippen LogP contribution < -0.4 is 11.1 Å². The first-order valence-electron chi connectivity index (χ1n) is 7.42. The lowest BCUT2D eigenvalue weighted by atomic mass is 10.1. The van der Waals surface area contributed by atoms with Gasteiger partial charge in [-0.3, -0.25) is 4.79 Å². The van der Waals surface area contributed by atoms with Crippen LogP contribution in [0, 0.1) is 0 Å². The van der Waals surface area contributed by atoms with E-state index in [-0.39, 0.29) is 5.91 Å². The smallest absolute Gasteiger partial charge is 0.241 e. The number of nitrogens with one attached hydrogen (secondary N) is 1. The highest BCUT2D eigenvalue weighted by Gasteiger charge is 2.12. The van der Waals surface area contributed by atoms with Gasteiger partial charge in [0.1, 0.15) is 0 Å². The van der Waals surface area contributed by atoms with Crippen LogP contribution in [-0.4, -0.2) is 11.9 Å². The molecular weight excluding hydrogens is 260 g/mol. The van der Waals surface area contributed by atoms with Crippen molar-refractivity contribution in [3.63, 3.8) is 0 Å². The highest BCUT2D eigenvalue weighted by molar-refractivity contribution is 5.94. The molecule has 110 valence electrons. The number of rotatable bonds is 6. The first-order chi connectivity index (χ1) is 10.2. The third kappa shape index (κ3) is 4.43. The number of nitrogens with two attached hydrogens (primary N) is 1. The molecule has 0 spiro atoms. The van der Waals surface area contributed by atoms with Crippen molar-refractivity contribution in [2.75, 3.05) is 5.32 Å². The summed E-state index contributed by atoms with van der Waals surface area (Å²) in [5, 5.41) is 2.87. The molecule has 2 rings (SSSR count). The SMILES string of the molecule is CCCC[C@H](N)C(=O)Nc1ccc(-c2ccccc2)cc1. The Morgan fingerprint density at radius 1 is 1.05 bits per heavy atom. The molecule has 0 aliphatic rings. The van der Waals surface area contributed by atoms with Crippen molar-refractivity contribution < 1.29 is 4.79 Å². The van der Waals surface area contributed by atoms with E-state index in [1.54, 1.807) is 0 Å². The Bertz CT molecular complexity index is 564. The van der Waals surface area contributed by atoms with E-state index in [2.05, 4.69) is 24.4 Å². The zero-order chi connectivity index (χ0) is 15.1. The topological polar surface area (TPSA) is 55.1 Å². The largest absolute Gasteiger partial charge is 0.325 e. The third-order valence-corrected chi connectivity index (χ3v) is 3.47. The van der Waals surface area contributed by atoms with Gasteiger partial charge in [-0.05, 0) is 29.7 Å². The van der Waals surface area contributed by atoms with Crippen LogP contribution in [0.2, 0.25) is 0 Å². The van der Waals surface area contributed by atoms with Crippen LogP contribution in [0.3, 0.4) is 0 Å². The van der Waals surface area contributed by atoms with Crippen LogP contribution in [0.25, 0.3) is 11.1 Å². The summed E-state index contributed by atoms with van der Waals surface area (Å²) in [4.78, 5) is 11.9. The molecule has 0 aromatic heterocycles. The molecule has 0 heterocycles. The molecule has 1 atom stereocenters. The molecule has 2 aromatic carbocycles. The van der Waals surface area contributed by atoms with Crippen LogP contribution in [-0.2, 0) is 4.79 Å². The van der Waals surface area contributed by atoms with Gasteiger partial charge in [0.05, 0.1) is 6.04 Å². The number of unbranched alkanes of at least 4 members (excludes halogenated alkanes) is 1. The lowest BCUT2D eigenvalue weighted by Crippen LogP contribution is -2.35. The van der Waals surface area contributed by atoms with Gasteiger partial charge in [0.25, 0.3) is 0 Å². The van der Waals surface area contributed by atoms with E-state index in [0.717, 1.165) is 36.1 Å². The molecule has 3 N–H and O–H groups in total. The lowest BCUT2D eigenvalue weighted by Gasteiger charge is -2.12. The molecule has 0 saturated carbocycles. The van der Waals surface area contributed by atoms with Gasteiger partial charge in [-0.15, -0.1) is 0 Å². The summed E-state index contributed by atoms with van der Waals surface area (Å²) in [6.07, 6.45) is 2.75. The minimum Gasteiger partial charge on any atom is -0.325 e. The summed E-state index contributed by atoms with van der Waals surface area (Å²) in [5.41, 5.74) is 8.93. The van der Waals surface area contributed by atoms with E-state index in [1.807, 2.05) is 42.5 Å². The fourth-order valence-corrected chi connectivity index (χ4v) is 2.17. The van der Waals surface area contributed by atoms with Crippen molar-refractivity contribution in [3.8, 4) is 11.1 Å². The number of carbonyl (C=O) groups excluding carboxylic acids is 1. The molecule has 0 saturated heterocycles. The monoisotopic (exact) mass is 282 g/mol. The van der Waals surface area contributed by atoms with Gasteiger partial charge in [-0.2, -0.15) is 0 Å². The van der Waals surface area contributed by atoms with Crippen LogP contribution in [0.4, 0.5) is 5.69 Å². The van der Waals surface area contributed by atoms with E-state index in [0.29, 0.717) is 0 Å². The molecule has 1 amide bonds. The number of anilines is 1. The number of hydrogen-bond acceptors (Lipinski definition) is 2. The third-order valence-electron chi connectivity index (χ3n) is 3.47. The molecule has 0 radical (unpaired) electrons. The standard InChI is InChI=1S/C18H22N2O/c1-2-3-9-17(19)18(21)20-16-12-10-15(11-13-16)14-7-5-4-6-8-14/h4-8,10-13,17H,2-3,9,19H2,1H3,(H,20,21)/t17-/m0/s1. The average Bonchev–Trinajstić information content (AvgIpc) is 2.54. The molecule has 0 aliphatic carbocycles. The first kappa shape index (κ1) is 15.3. The van der Waals surface area contributed by atoms with Crippen LogP contribution in [0.15, 0.2) is 54.6 Å². The minimum atomic E-state index is -0.432. The average molecular weight is 282 g/mol. The molecule has 21 heavy (non-hydrogen) atoms. The Morgan fingerprint density at radius 3 is 2.29 bits per heavy atom. The van der Waals surface area contributed by atoms with Crippen molar-refractivity contribution in [3.05, 3.63) is 54.6 Å². The van der Waals surface area contributed by atoms with E-state index < -0.39 is 6.04 Å². The Balaban J connectivity index is 1.98. The predicted molar refractivity (Wildman–Crippen MR) is 88.0 cm³/mol. The molecule has 0 unspecified atom stereocenters. The Labute approximate surface area is 126 Å². The van der Waals surface area contributed by atoms with Crippen molar-refractivity contribution in [1.82, 2.24) is 0 Å². The maximum atomic E-state index is 11.9. The highest BCUT2D eigenvalue weighted by Crippen LogP contribution is 2.21. The number of benzene rings is 2. The van der Waals surface area contributed by atoms with E-state index in [4.69, 9.17) is 5.73 Å².